The lowest BCUT2D eigenvalue weighted by molar-refractivity contribution is -0.143. The second-order valence-electron chi connectivity index (χ2n) is 4.86. The molecule has 1 unspecified atom stereocenters. The van der Waals surface area contributed by atoms with Crippen LogP contribution in [0.15, 0.2) is 24.5 Å². The van der Waals surface area contributed by atoms with E-state index in [0.717, 1.165) is 24.4 Å². The van der Waals surface area contributed by atoms with E-state index in [1.165, 1.54) is 0 Å². The van der Waals surface area contributed by atoms with Crippen molar-refractivity contribution in [2.24, 2.45) is 11.8 Å². The van der Waals surface area contributed by atoms with Crippen molar-refractivity contribution >= 4 is 23.0 Å². The number of aromatic nitrogens is 3. The van der Waals surface area contributed by atoms with Crippen molar-refractivity contribution in [3.63, 3.8) is 0 Å². The largest absolute Gasteiger partial charge is 0.481 e. The first-order valence-electron chi connectivity index (χ1n) is 6.20. The Hall–Kier alpha value is -2.24. The molecule has 2 aromatic rings. The van der Waals surface area contributed by atoms with Crippen molar-refractivity contribution in [2.75, 3.05) is 18.0 Å². The van der Waals surface area contributed by atoms with E-state index in [4.69, 9.17) is 5.11 Å². The summed E-state index contributed by atoms with van der Waals surface area (Å²) in [5, 5.41) is 8.96. The summed E-state index contributed by atoms with van der Waals surface area (Å²) in [7, 11) is 0. The van der Waals surface area contributed by atoms with Gasteiger partial charge in [0, 0.05) is 31.4 Å². The van der Waals surface area contributed by atoms with Crippen LogP contribution in [-0.4, -0.2) is 39.1 Å². The maximum atomic E-state index is 10.9. The minimum atomic E-state index is -0.734. The molecule has 19 heavy (non-hydrogen) atoms. The van der Waals surface area contributed by atoms with Gasteiger partial charge in [0.1, 0.15) is 11.3 Å². The smallest absolute Gasteiger partial charge is 0.306 e. The highest BCUT2D eigenvalue weighted by Gasteiger charge is 2.35. The zero-order valence-electron chi connectivity index (χ0n) is 10.5. The zero-order valence-corrected chi connectivity index (χ0v) is 10.5. The van der Waals surface area contributed by atoms with Crippen molar-refractivity contribution < 1.29 is 9.90 Å². The van der Waals surface area contributed by atoms with Gasteiger partial charge in [0.05, 0.1) is 5.92 Å². The number of hydrogen-bond donors (Lipinski definition) is 1. The Morgan fingerprint density at radius 1 is 1.37 bits per heavy atom. The molecule has 3 rings (SSSR count). The molecule has 1 aliphatic heterocycles. The Kier molecular flexibility index (Phi) is 2.77. The van der Waals surface area contributed by atoms with Gasteiger partial charge in [-0.15, -0.1) is 0 Å². The number of carbonyl (C=O) groups is 1. The highest BCUT2D eigenvalue weighted by molar-refractivity contribution is 5.73. The highest BCUT2D eigenvalue weighted by Crippen LogP contribution is 2.28. The molecule has 1 atom stereocenters. The molecule has 0 radical (unpaired) electrons. The average Bonchev–Trinajstić information content (AvgIpc) is 2.36. The fraction of sp³-hybridized carbons (Fsp3) is 0.385. The third-order valence-electron chi connectivity index (χ3n) is 3.65. The number of pyridine rings is 1. The van der Waals surface area contributed by atoms with Crippen LogP contribution in [0.1, 0.15) is 6.92 Å². The number of aliphatic carboxylic acids is 1. The minimum Gasteiger partial charge on any atom is -0.481 e. The third-order valence-corrected chi connectivity index (χ3v) is 3.65. The standard InChI is InChI=1S/C13H14N4O2/c1-8(13(18)19)9-6-17(7-9)11-3-2-10-12(16-11)15-5-4-14-10/h2-5,8-9H,6-7H2,1H3,(H,18,19). The molecule has 1 N–H and O–H groups in total. The molecule has 1 fully saturated rings. The number of rotatable bonds is 3. The predicted octanol–water partition coefficient (Wildman–Crippen LogP) is 1.18. The molecule has 1 saturated heterocycles. The lowest BCUT2D eigenvalue weighted by Crippen LogP contribution is -2.51. The summed E-state index contributed by atoms with van der Waals surface area (Å²) < 4.78 is 0. The molecule has 0 aromatic carbocycles. The van der Waals surface area contributed by atoms with Gasteiger partial charge >= 0.3 is 5.97 Å². The normalized spacial score (nSPS) is 17.2. The molecular weight excluding hydrogens is 244 g/mol. The maximum absolute atomic E-state index is 10.9. The van der Waals surface area contributed by atoms with Gasteiger partial charge in [0.2, 0.25) is 0 Å². The molecule has 1 aliphatic rings. The fourth-order valence-electron chi connectivity index (χ4n) is 2.24. The van der Waals surface area contributed by atoms with E-state index in [1.807, 2.05) is 12.1 Å². The Morgan fingerprint density at radius 3 is 2.84 bits per heavy atom. The van der Waals surface area contributed by atoms with Gasteiger partial charge in [0.25, 0.3) is 0 Å². The first-order valence-corrected chi connectivity index (χ1v) is 6.20. The second kappa shape index (κ2) is 4.46. The summed E-state index contributed by atoms with van der Waals surface area (Å²) >= 11 is 0. The molecule has 6 heteroatoms. The summed E-state index contributed by atoms with van der Waals surface area (Å²) in [5.74, 6) is -0.0165. The van der Waals surface area contributed by atoms with Gasteiger partial charge in [-0.25, -0.2) is 9.97 Å². The van der Waals surface area contributed by atoms with Crippen LogP contribution in [0.4, 0.5) is 5.82 Å². The van der Waals surface area contributed by atoms with E-state index in [2.05, 4.69) is 19.9 Å². The van der Waals surface area contributed by atoms with Crippen LogP contribution in [-0.2, 0) is 4.79 Å². The second-order valence-corrected chi connectivity index (χ2v) is 4.86. The Balaban J connectivity index is 1.75. The summed E-state index contributed by atoms with van der Waals surface area (Å²) in [6.45, 7) is 3.21. The lowest BCUT2D eigenvalue weighted by Gasteiger charge is -2.42. The highest BCUT2D eigenvalue weighted by atomic mass is 16.4. The molecule has 2 aromatic heterocycles. The van der Waals surface area contributed by atoms with Gasteiger partial charge in [-0.05, 0) is 12.1 Å². The number of hydrogen-bond acceptors (Lipinski definition) is 5. The van der Waals surface area contributed by atoms with Gasteiger partial charge in [-0.1, -0.05) is 6.92 Å². The van der Waals surface area contributed by atoms with Gasteiger partial charge in [0.15, 0.2) is 5.65 Å². The van der Waals surface area contributed by atoms with Crippen LogP contribution in [0.5, 0.6) is 0 Å². The van der Waals surface area contributed by atoms with E-state index in [9.17, 15) is 4.79 Å². The van der Waals surface area contributed by atoms with Crippen LogP contribution < -0.4 is 4.90 Å². The molecule has 0 saturated carbocycles. The molecule has 0 amide bonds. The lowest BCUT2D eigenvalue weighted by atomic mass is 9.87. The van der Waals surface area contributed by atoms with E-state index in [0.29, 0.717) is 5.65 Å². The Morgan fingerprint density at radius 2 is 2.11 bits per heavy atom. The van der Waals surface area contributed by atoms with Crippen molar-refractivity contribution in [1.29, 1.82) is 0 Å². The van der Waals surface area contributed by atoms with Gasteiger partial charge in [-0.3, -0.25) is 9.78 Å². The first kappa shape index (κ1) is 11.8. The van der Waals surface area contributed by atoms with Crippen LogP contribution in [0.2, 0.25) is 0 Å². The van der Waals surface area contributed by atoms with Gasteiger partial charge < -0.3 is 10.0 Å². The van der Waals surface area contributed by atoms with Crippen LogP contribution in [0, 0.1) is 11.8 Å². The molecule has 0 aliphatic carbocycles. The predicted molar refractivity (Wildman–Crippen MR) is 69.8 cm³/mol. The van der Waals surface area contributed by atoms with E-state index < -0.39 is 5.97 Å². The summed E-state index contributed by atoms with van der Waals surface area (Å²) in [4.78, 5) is 25.7. The fourth-order valence-corrected chi connectivity index (χ4v) is 2.24. The van der Waals surface area contributed by atoms with Crippen LogP contribution in [0.3, 0.4) is 0 Å². The van der Waals surface area contributed by atoms with Crippen molar-refractivity contribution in [1.82, 2.24) is 15.0 Å². The topological polar surface area (TPSA) is 79.2 Å². The number of nitrogens with zero attached hydrogens (tertiary/aromatic N) is 4. The average molecular weight is 258 g/mol. The van der Waals surface area contributed by atoms with Crippen LogP contribution in [0.25, 0.3) is 11.2 Å². The number of fused-ring (bicyclic) bond motifs is 1. The molecule has 3 heterocycles. The van der Waals surface area contributed by atoms with E-state index in [1.54, 1.807) is 19.3 Å². The third kappa shape index (κ3) is 2.09. The Bertz CT molecular complexity index is 625. The summed E-state index contributed by atoms with van der Waals surface area (Å²) in [5.41, 5.74) is 1.39. The molecule has 6 nitrogen and oxygen atoms in total. The summed E-state index contributed by atoms with van der Waals surface area (Å²) in [6, 6.07) is 3.79. The zero-order chi connectivity index (χ0) is 13.4. The van der Waals surface area contributed by atoms with Crippen molar-refractivity contribution in [3.8, 4) is 0 Å². The Labute approximate surface area is 110 Å². The number of carboxylic acid groups (broad SMARTS) is 1. The SMILES string of the molecule is CC(C(=O)O)C1CN(c2ccc3nccnc3n2)C1. The van der Waals surface area contributed by atoms with Crippen LogP contribution >= 0.6 is 0 Å². The summed E-state index contributed by atoms with van der Waals surface area (Å²) in [6.07, 6.45) is 3.25. The quantitative estimate of drug-likeness (QED) is 0.890. The van der Waals surface area contributed by atoms with E-state index >= 15 is 0 Å². The minimum absolute atomic E-state index is 0.192. The van der Waals surface area contributed by atoms with Crippen molar-refractivity contribution in [3.05, 3.63) is 24.5 Å². The molecule has 98 valence electrons. The number of anilines is 1. The molecular formula is C13H14N4O2. The van der Waals surface area contributed by atoms with Crippen molar-refractivity contribution in [2.45, 2.75) is 6.92 Å². The first-order chi connectivity index (χ1) is 9.15. The van der Waals surface area contributed by atoms with E-state index in [-0.39, 0.29) is 11.8 Å². The monoisotopic (exact) mass is 258 g/mol. The maximum Gasteiger partial charge on any atom is 0.306 e. The molecule has 0 bridgehead atoms. The molecule has 0 spiro atoms. The van der Waals surface area contributed by atoms with Gasteiger partial charge in [-0.2, -0.15) is 0 Å². The number of carboxylic acids is 1.